The Kier molecular flexibility index (Phi) is 3.98. The number of halogens is 4. The van der Waals surface area contributed by atoms with E-state index in [-0.39, 0.29) is 0 Å². The molecule has 0 radical (unpaired) electrons. The lowest BCUT2D eigenvalue weighted by molar-refractivity contribution is -0.299. The van der Waals surface area contributed by atoms with Crippen LogP contribution in [-0.2, 0) is 4.79 Å². The second kappa shape index (κ2) is 3.85. The first-order chi connectivity index (χ1) is 4.76. The molecule has 1 atom stereocenters. The molecule has 0 rings (SSSR count). The van der Waals surface area contributed by atoms with Crippen LogP contribution >= 0.6 is 46.4 Å². The highest BCUT2D eigenvalue weighted by Crippen LogP contribution is 2.36. The molecule has 0 fully saturated rings. The Balaban J connectivity index is 4.38. The summed E-state index contributed by atoms with van der Waals surface area (Å²) in [5, 5.41) is 8.84. The largest absolute Gasteiger partial charge is 0.545 e. The van der Waals surface area contributed by atoms with Crippen LogP contribution in [0.4, 0.5) is 0 Å². The number of hydrogen-bond acceptors (Lipinski definition) is 2. The predicted octanol–water partition coefficient (Wildman–Crippen LogP) is 1.27. The summed E-state index contributed by atoms with van der Waals surface area (Å²) in [5.74, 6) is -1.53. The lowest BCUT2D eigenvalue weighted by Crippen LogP contribution is -2.33. The van der Waals surface area contributed by atoms with E-state index in [1.54, 1.807) is 0 Å². The van der Waals surface area contributed by atoms with Crippen LogP contribution in [0.3, 0.4) is 0 Å². The Morgan fingerprint density at radius 2 is 1.82 bits per heavy atom. The molecule has 0 aromatic heterocycles. The van der Waals surface area contributed by atoms with Crippen molar-refractivity contribution in [1.29, 1.82) is 0 Å². The predicted molar refractivity (Wildman–Crippen MR) is 44.1 cm³/mol. The van der Waals surface area contributed by atoms with Gasteiger partial charge in [0.2, 0.25) is 3.79 Å². The maximum atomic E-state index is 10.1. The third-order valence-corrected chi connectivity index (χ3v) is 2.44. The molecular weight excluding hydrogens is 234 g/mol. The van der Waals surface area contributed by atoms with Crippen molar-refractivity contribution in [3.8, 4) is 0 Å². The Morgan fingerprint density at radius 3 is 1.91 bits per heavy atom. The van der Waals surface area contributed by atoms with E-state index in [4.69, 9.17) is 46.4 Å². The summed E-state index contributed by atoms with van der Waals surface area (Å²) in [6.07, 6.45) is 0. The number of carboxylic acid groups (broad SMARTS) is 1. The van der Waals surface area contributed by atoms with Gasteiger partial charge in [-0.3, -0.25) is 0 Å². The summed E-state index contributed by atoms with van der Waals surface area (Å²) in [5.41, 5.74) is -0.452. The van der Waals surface area contributed by atoms with E-state index < -0.39 is 20.7 Å². The fraction of sp³-hybridized carbons (Fsp3) is 0.400. The summed E-state index contributed by atoms with van der Waals surface area (Å²) in [6, 6.07) is 0. The molecule has 0 aliphatic heterocycles. The van der Waals surface area contributed by atoms with Gasteiger partial charge in [-0.15, -0.1) is 11.6 Å². The van der Waals surface area contributed by atoms with Gasteiger partial charge in [0.25, 0.3) is 0 Å². The molecule has 1 unspecified atom stereocenters. The van der Waals surface area contributed by atoms with E-state index in [1.807, 2.05) is 0 Å². The highest BCUT2D eigenvalue weighted by Gasteiger charge is 2.33. The molecule has 6 heteroatoms. The third-order valence-electron chi connectivity index (χ3n) is 0.856. The van der Waals surface area contributed by atoms with Crippen LogP contribution in [0.15, 0.2) is 12.2 Å². The first kappa shape index (κ1) is 11.4. The van der Waals surface area contributed by atoms with Crippen molar-refractivity contribution in [3.63, 3.8) is 0 Å². The van der Waals surface area contributed by atoms with Crippen molar-refractivity contribution in [2.24, 2.45) is 0 Å². The van der Waals surface area contributed by atoms with Crippen LogP contribution in [0.1, 0.15) is 0 Å². The molecule has 0 heterocycles. The van der Waals surface area contributed by atoms with Crippen molar-refractivity contribution >= 4 is 52.4 Å². The van der Waals surface area contributed by atoms with Crippen LogP contribution in [0.25, 0.3) is 0 Å². The molecule has 0 aromatic carbocycles. The molecule has 0 bridgehead atoms. The minimum absolute atomic E-state index is 0.452. The highest BCUT2D eigenvalue weighted by molar-refractivity contribution is 6.70. The zero-order chi connectivity index (χ0) is 9.23. The highest BCUT2D eigenvalue weighted by atomic mass is 35.6. The van der Waals surface area contributed by atoms with Gasteiger partial charge in [0.05, 0.1) is 5.97 Å². The van der Waals surface area contributed by atoms with Crippen LogP contribution in [0.2, 0.25) is 0 Å². The number of hydrogen-bond donors (Lipinski definition) is 0. The van der Waals surface area contributed by atoms with Crippen LogP contribution in [0, 0.1) is 0 Å². The molecule has 0 aliphatic rings. The Hall–Kier alpha value is 0.370. The maximum absolute atomic E-state index is 10.1. The van der Waals surface area contributed by atoms with Crippen LogP contribution in [-0.4, -0.2) is 15.1 Å². The first-order valence-electron chi connectivity index (χ1n) is 2.37. The number of aliphatic carboxylic acids is 1. The standard InChI is InChI=1S/C5H4Cl4O2/c1-2(4(10)11)3(6)5(7,8)9/h3H,1H2,(H,10,11)/p-1. The molecule has 0 aliphatic carbocycles. The van der Waals surface area contributed by atoms with Gasteiger partial charge < -0.3 is 9.90 Å². The van der Waals surface area contributed by atoms with E-state index in [0.717, 1.165) is 0 Å². The van der Waals surface area contributed by atoms with Crippen molar-refractivity contribution in [3.05, 3.63) is 12.2 Å². The van der Waals surface area contributed by atoms with Gasteiger partial charge in [-0.05, 0) is 5.57 Å². The molecule has 0 amide bonds. The smallest absolute Gasteiger partial charge is 0.210 e. The lowest BCUT2D eigenvalue weighted by atomic mass is 10.2. The molecule has 2 nitrogen and oxygen atoms in total. The Morgan fingerprint density at radius 1 is 1.45 bits per heavy atom. The van der Waals surface area contributed by atoms with Gasteiger partial charge in [-0.1, -0.05) is 41.4 Å². The first-order valence-corrected chi connectivity index (χ1v) is 3.94. The topological polar surface area (TPSA) is 40.1 Å². The molecule has 0 saturated heterocycles. The normalized spacial score (nSPS) is 14.2. The van der Waals surface area contributed by atoms with Crippen LogP contribution in [0.5, 0.6) is 0 Å². The fourth-order valence-electron chi connectivity index (χ4n) is 0.301. The van der Waals surface area contributed by atoms with E-state index in [1.165, 1.54) is 0 Å². The van der Waals surface area contributed by atoms with Gasteiger partial charge in [-0.25, -0.2) is 0 Å². The molecule has 64 valence electrons. The number of carboxylic acids is 1. The summed E-state index contributed by atoms with van der Waals surface area (Å²) >= 11 is 21.2. The second-order valence-corrected chi connectivity index (χ2v) is 4.52. The van der Waals surface area contributed by atoms with E-state index in [2.05, 4.69) is 6.58 Å². The summed E-state index contributed by atoms with van der Waals surface area (Å²) in [4.78, 5) is 10.1. The summed E-state index contributed by atoms with van der Waals surface area (Å²) < 4.78 is -1.88. The minimum Gasteiger partial charge on any atom is -0.545 e. The molecule has 11 heavy (non-hydrogen) atoms. The lowest BCUT2D eigenvalue weighted by Gasteiger charge is -2.20. The average Bonchev–Trinajstić information content (AvgIpc) is 1.82. The van der Waals surface area contributed by atoms with Gasteiger partial charge in [0.1, 0.15) is 5.38 Å². The number of rotatable bonds is 2. The number of carbonyl (C=O) groups excluding carboxylic acids is 1. The molecule has 0 saturated carbocycles. The fourth-order valence-corrected chi connectivity index (χ4v) is 0.785. The van der Waals surface area contributed by atoms with Crippen molar-refractivity contribution in [2.45, 2.75) is 9.17 Å². The van der Waals surface area contributed by atoms with E-state index >= 15 is 0 Å². The number of carbonyl (C=O) groups is 1. The zero-order valence-corrected chi connectivity index (χ0v) is 8.14. The minimum atomic E-state index is -1.88. The Labute approximate surface area is 83.7 Å². The van der Waals surface area contributed by atoms with Crippen LogP contribution < -0.4 is 5.11 Å². The van der Waals surface area contributed by atoms with Gasteiger partial charge in [0, 0.05) is 0 Å². The van der Waals surface area contributed by atoms with Gasteiger partial charge in [0.15, 0.2) is 0 Å². The van der Waals surface area contributed by atoms with E-state index in [9.17, 15) is 9.90 Å². The Bertz CT molecular complexity index is 183. The quantitative estimate of drug-likeness (QED) is 0.535. The van der Waals surface area contributed by atoms with Gasteiger partial charge in [-0.2, -0.15) is 0 Å². The van der Waals surface area contributed by atoms with Crippen molar-refractivity contribution < 1.29 is 9.90 Å². The molecule has 0 spiro atoms. The second-order valence-electron chi connectivity index (χ2n) is 1.72. The van der Waals surface area contributed by atoms with E-state index in [0.29, 0.717) is 0 Å². The monoisotopic (exact) mass is 235 g/mol. The zero-order valence-electron chi connectivity index (χ0n) is 5.11. The number of alkyl halides is 4. The van der Waals surface area contributed by atoms with Crippen molar-refractivity contribution in [2.75, 3.05) is 0 Å². The maximum Gasteiger partial charge on any atom is 0.210 e. The molecule has 0 aromatic rings. The molecular formula is C5H3Cl4O2-. The molecule has 0 N–H and O–H groups in total. The summed E-state index contributed by atoms with van der Waals surface area (Å²) in [7, 11) is 0. The third kappa shape index (κ3) is 3.52. The summed E-state index contributed by atoms with van der Waals surface area (Å²) in [6.45, 7) is 3.07. The SMILES string of the molecule is C=C(C(=O)[O-])C(Cl)C(Cl)(Cl)Cl. The average molecular weight is 237 g/mol. The van der Waals surface area contributed by atoms with Gasteiger partial charge >= 0.3 is 0 Å². The van der Waals surface area contributed by atoms with Crippen molar-refractivity contribution in [1.82, 2.24) is 0 Å².